The third-order valence-electron chi connectivity index (χ3n) is 2.63. The van der Waals surface area contributed by atoms with E-state index in [4.69, 9.17) is 0 Å². The van der Waals surface area contributed by atoms with Gasteiger partial charge in [-0.3, -0.25) is 9.89 Å². The summed E-state index contributed by atoms with van der Waals surface area (Å²) in [7, 11) is 0. The second-order valence-corrected chi connectivity index (χ2v) is 4.04. The third kappa shape index (κ3) is 3.73. The molecule has 0 saturated heterocycles. The highest BCUT2D eigenvalue weighted by atomic mass is 16.1. The van der Waals surface area contributed by atoms with Gasteiger partial charge < -0.3 is 5.32 Å². The summed E-state index contributed by atoms with van der Waals surface area (Å²) in [6.07, 6.45) is 5.16. The van der Waals surface area contributed by atoms with Crippen molar-refractivity contribution in [1.82, 2.24) is 15.5 Å². The highest BCUT2D eigenvalue weighted by Gasteiger charge is 2.12. The predicted octanol–water partition coefficient (Wildman–Crippen LogP) is 2.02. The molecule has 2 N–H and O–H groups in total. The van der Waals surface area contributed by atoms with Crippen LogP contribution in [-0.4, -0.2) is 16.1 Å². The number of nitrogens with one attached hydrogen (secondary N) is 2. The second-order valence-electron chi connectivity index (χ2n) is 4.04. The van der Waals surface area contributed by atoms with Crippen LogP contribution in [0.2, 0.25) is 0 Å². The van der Waals surface area contributed by atoms with Crippen LogP contribution in [0, 0.1) is 5.92 Å². The van der Waals surface area contributed by atoms with E-state index in [0.717, 1.165) is 12.0 Å². The lowest BCUT2D eigenvalue weighted by atomic mass is 10.0. The standard InChI is InChI=1S/C11H19N3O/c1-4-8(2)5-11(15)14-9(3)10-6-12-13-7-10/h6-9H,4-5H2,1-3H3,(H,12,13)(H,14,15). The maximum absolute atomic E-state index is 11.6. The summed E-state index contributed by atoms with van der Waals surface area (Å²) in [5, 5.41) is 9.53. The number of hydrogen-bond acceptors (Lipinski definition) is 2. The van der Waals surface area contributed by atoms with Gasteiger partial charge >= 0.3 is 0 Å². The van der Waals surface area contributed by atoms with Gasteiger partial charge in [0.1, 0.15) is 0 Å². The predicted molar refractivity (Wildman–Crippen MR) is 59.2 cm³/mol. The molecule has 0 radical (unpaired) electrons. The molecule has 0 aliphatic carbocycles. The van der Waals surface area contributed by atoms with Crippen molar-refractivity contribution in [3.63, 3.8) is 0 Å². The molecule has 1 heterocycles. The summed E-state index contributed by atoms with van der Waals surface area (Å²) in [5.74, 6) is 0.555. The molecule has 0 aliphatic heterocycles. The van der Waals surface area contributed by atoms with Crippen LogP contribution in [0.25, 0.3) is 0 Å². The van der Waals surface area contributed by atoms with Crippen molar-refractivity contribution in [2.75, 3.05) is 0 Å². The van der Waals surface area contributed by atoms with Crippen molar-refractivity contribution in [3.05, 3.63) is 18.0 Å². The molecule has 0 saturated carbocycles. The highest BCUT2D eigenvalue weighted by molar-refractivity contribution is 5.76. The van der Waals surface area contributed by atoms with Gasteiger partial charge in [0.2, 0.25) is 5.91 Å². The number of carbonyl (C=O) groups is 1. The molecule has 15 heavy (non-hydrogen) atoms. The molecule has 1 amide bonds. The summed E-state index contributed by atoms with van der Waals surface area (Å²) in [4.78, 5) is 11.6. The Balaban J connectivity index is 2.38. The first-order chi connectivity index (χ1) is 7.13. The van der Waals surface area contributed by atoms with E-state index in [9.17, 15) is 4.79 Å². The summed E-state index contributed by atoms with van der Waals surface area (Å²) in [5.41, 5.74) is 1.01. The average Bonchev–Trinajstić information content (AvgIpc) is 2.70. The van der Waals surface area contributed by atoms with Crippen molar-refractivity contribution in [2.24, 2.45) is 5.92 Å². The van der Waals surface area contributed by atoms with Gasteiger partial charge in [0.25, 0.3) is 0 Å². The van der Waals surface area contributed by atoms with Gasteiger partial charge in [0.05, 0.1) is 12.2 Å². The number of amides is 1. The first-order valence-electron chi connectivity index (χ1n) is 5.41. The topological polar surface area (TPSA) is 57.8 Å². The molecule has 1 rings (SSSR count). The molecule has 0 spiro atoms. The van der Waals surface area contributed by atoms with Crippen molar-refractivity contribution in [1.29, 1.82) is 0 Å². The Morgan fingerprint density at radius 2 is 2.33 bits per heavy atom. The molecule has 0 bridgehead atoms. The Kier molecular flexibility index (Phi) is 4.34. The maximum Gasteiger partial charge on any atom is 0.220 e. The van der Waals surface area contributed by atoms with E-state index in [1.54, 1.807) is 12.4 Å². The fraction of sp³-hybridized carbons (Fsp3) is 0.636. The summed E-state index contributed by atoms with van der Waals surface area (Å²) < 4.78 is 0. The maximum atomic E-state index is 11.6. The van der Waals surface area contributed by atoms with Gasteiger partial charge in [-0.15, -0.1) is 0 Å². The van der Waals surface area contributed by atoms with Crippen molar-refractivity contribution >= 4 is 5.91 Å². The molecular weight excluding hydrogens is 190 g/mol. The molecule has 0 fully saturated rings. The molecule has 4 heteroatoms. The molecular formula is C11H19N3O. The molecule has 0 aliphatic rings. The van der Waals surface area contributed by atoms with E-state index in [1.807, 2.05) is 6.92 Å². The monoisotopic (exact) mass is 209 g/mol. The zero-order chi connectivity index (χ0) is 11.3. The first-order valence-corrected chi connectivity index (χ1v) is 5.41. The van der Waals surface area contributed by atoms with Gasteiger partial charge in [0, 0.05) is 18.2 Å². The number of nitrogens with zero attached hydrogens (tertiary/aromatic N) is 1. The third-order valence-corrected chi connectivity index (χ3v) is 2.63. The Hall–Kier alpha value is -1.32. The SMILES string of the molecule is CCC(C)CC(=O)NC(C)c1cn[nH]c1. The van der Waals surface area contributed by atoms with Gasteiger partial charge in [-0.25, -0.2) is 0 Å². The van der Waals surface area contributed by atoms with Gasteiger partial charge in [0.15, 0.2) is 0 Å². The van der Waals surface area contributed by atoms with E-state index in [2.05, 4.69) is 29.4 Å². The molecule has 2 atom stereocenters. The summed E-state index contributed by atoms with van der Waals surface area (Å²) in [6.45, 7) is 6.14. The van der Waals surface area contributed by atoms with Crippen LogP contribution < -0.4 is 5.32 Å². The fourth-order valence-electron chi connectivity index (χ4n) is 1.34. The molecule has 0 aromatic carbocycles. The Morgan fingerprint density at radius 3 is 2.87 bits per heavy atom. The Labute approximate surface area is 90.5 Å². The number of aromatic nitrogens is 2. The van der Waals surface area contributed by atoms with Crippen LogP contribution >= 0.6 is 0 Å². The van der Waals surface area contributed by atoms with E-state index in [1.165, 1.54) is 0 Å². The number of H-pyrrole nitrogens is 1. The lowest BCUT2D eigenvalue weighted by Gasteiger charge is -2.14. The summed E-state index contributed by atoms with van der Waals surface area (Å²) in [6, 6.07) is 0.0281. The zero-order valence-corrected chi connectivity index (χ0v) is 9.58. The smallest absolute Gasteiger partial charge is 0.220 e. The minimum absolute atomic E-state index is 0.0281. The number of aromatic amines is 1. The lowest BCUT2D eigenvalue weighted by Crippen LogP contribution is -2.27. The molecule has 4 nitrogen and oxygen atoms in total. The Bertz CT molecular complexity index is 295. The number of rotatable bonds is 5. The van der Waals surface area contributed by atoms with Gasteiger partial charge in [-0.2, -0.15) is 5.10 Å². The molecule has 84 valence electrons. The van der Waals surface area contributed by atoms with E-state index < -0.39 is 0 Å². The van der Waals surface area contributed by atoms with Crippen LogP contribution in [-0.2, 0) is 4.79 Å². The van der Waals surface area contributed by atoms with E-state index >= 15 is 0 Å². The first kappa shape index (κ1) is 11.8. The van der Waals surface area contributed by atoms with Crippen LogP contribution in [0.4, 0.5) is 0 Å². The average molecular weight is 209 g/mol. The van der Waals surface area contributed by atoms with Crippen LogP contribution in [0.15, 0.2) is 12.4 Å². The van der Waals surface area contributed by atoms with Gasteiger partial charge in [-0.05, 0) is 12.8 Å². The van der Waals surface area contributed by atoms with Crippen LogP contribution in [0.1, 0.15) is 45.2 Å². The quantitative estimate of drug-likeness (QED) is 0.779. The van der Waals surface area contributed by atoms with Crippen molar-refractivity contribution in [3.8, 4) is 0 Å². The largest absolute Gasteiger partial charge is 0.349 e. The van der Waals surface area contributed by atoms with E-state index in [-0.39, 0.29) is 11.9 Å². The van der Waals surface area contributed by atoms with Gasteiger partial charge in [-0.1, -0.05) is 20.3 Å². The molecule has 2 unspecified atom stereocenters. The van der Waals surface area contributed by atoms with Crippen LogP contribution in [0.3, 0.4) is 0 Å². The summed E-state index contributed by atoms with van der Waals surface area (Å²) >= 11 is 0. The zero-order valence-electron chi connectivity index (χ0n) is 9.58. The Morgan fingerprint density at radius 1 is 1.60 bits per heavy atom. The number of hydrogen-bond donors (Lipinski definition) is 2. The van der Waals surface area contributed by atoms with E-state index in [0.29, 0.717) is 12.3 Å². The van der Waals surface area contributed by atoms with Crippen molar-refractivity contribution in [2.45, 2.75) is 39.7 Å². The minimum Gasteiger partial charge on any atom is -0.349 e. The molecule has 1 aromatic heterocycles. The van der Waals surface area contributed by atoms with Crippen LogP contribution in [0.5, 0.6) is 0 Å². The fourth-order valence-corrected chi connectivity index (χ4v) is 1.34. The number of carbonyl (C=O) groups excluding carboxylic acids is 1. The normalized spacial score (nSPS) is 14.6. The molecule has 1 aromatic rings. The highest BCUT2D eigenvalue weighted by Crippen LogP contribution is 2.11. The van der Waals surface area contributed by atoms with Crippen molar-refractivity contribution < 1.29 is 4.79 Å². The minimum atomic E-state index is 0.0281. The lowest BCUT2D eigenvalue weighted by molar-refractivity contribution is -0.122. The second kappa shape index (κ2) is 5.53.